The standard InChI is InChI=1S/C6H3NO6/c7-1-2(3(8)5(10)11)4(9)6(12)13/h2H,(H,10,11)(H,12,13). The van der Waals surface area contributed by atoms with Gasteiger partial charge in [-0.3, -0.25) is 9.59 Å². The van der Waals surface area contributed by atoms with E-state index in [0.717, 1.165) is 6.07 Å². The largest absolute Gasteiger partial charge is 0.475 e. The monoisotopic (exact) mass is 185 g/mol. The molecule has 0 aliphatic carbocycles. The van der Waals surface area contributed by atoms with Crippen molar-refractivity contribution in [1.29, 1.82) is 5.26 Å². The van der Waals surface area contributed by atoms with Crippen molar-refractivity contribution in [2.45, 2.75) is 0 Å². The van der Waals surface area contributed by atoms with Crippen LogP contribution in [0.3, 0.4) is 0 Å². The Balaban J connectivity index is 4.85. The van der Waals surface area contributed by atoms with Crippen LogP contribution in [0.4, 0.5) is 0 Å². The SMILES string of the molecule is N#CC(C(=O)C(=O)O)C(=O)C(=O)O. The third-order valence-electron chi connectivity index (χ3n) is 1.08. The van der Waals surface area contributed by atoms with E-state index < -0.39 is 29.4 Å². The molecule has 2 N–H and O–H groups in total. The average molecular weight is 185 g/mol. The summed E-state index contributed by atoms with van der Waals surface area (Å²) >= 11 is 0. The maximum absolute atomic E-state index is 10.5. The molecule has 0 aromatic heterocycles. The van der Waals surface area contributed by atoms with Crippen molar-refractivity contribution in [3.8, 4) is 6.07 Å². The van der Waals surface area contributed by atoms with Gasteiger partial charge >= 0.3 is 11.9 Å². The second-order valence-electron chi connectivity index (χ2n) is 1.90. The Morgan fingerprint density at radius 1 is 1.00 bits per heavy atom. The number of carbonyl (C=O) groups is 4. The fourth-order valence-electron chi connectivity index (χ4n) is 0.483. The first-order valence-electron chi connectivity index (χ1n) is 2.85. The van der Waals surface area contributed by atoms with Gasteiger partial charge in [-0.25, -0.2) is 9.59 Å². The first kappa shape index (κ1) is 10.8. The Hall–Kier alpha value is -2.23. The summed E-state index contributed by atoms with van der Waals surface area (Å²) in [6, 6.07) is 1.00. The molecule has 0 fully saturated rings. The van der Waals surface area contributed by atoms with Gasteiger partial charge in [0.1, 0.15) is 0 Å². The van der Waals surface area contributed by atoms with Crippen molar-refractivity contribution in [1.82, 2.24) is 0 Å². The van der Waals surface area contributed by atoms with Crippen molar-refractivity contribution < 1.29 is 29.4 Å². The number of carbonyl (C=O) groups excluding carboxylic acids is 2. The molecule has 0 bridgehead atoms. The Morgan fingerprint density at radius 2 is 1.31 bits per heavy atom. The molecule has 0 atom stereocenters. The van der Waals surface area contributed by atoms with Crippen molar-refractivity contribution in [3.05, 3.63) is 0 Å². The second-order valence-corrected chi connectivity index (χ2v) is 1.90. The number of hydrogen-bond acceptors (Lipinski definition) is 5. The molecule has 0 amide bonds. The first-order valence-corrected chi connectivity index (χ1v) is 2.85. The number of Topliss-reactive ketones (excluding diaryl/α,β-unsaturated/α-hetero) is 2. The normalized spacial score (nSPS) is 8.92. The highest BCUT2D eigenvalue weighted by Gasteiger charge is 2.35. The van der Waals surface area contributed by atoms with Crippen molar-refractivity contribution in [2.24, 2.45) is 5.92 Å². The quantitative estimate of drug-likeness (QED) is 0.399. The van der Waals surface area contributed by atoms with Crippen molar-refractivity contribution >= 4 is 23.5 Å². The molecular formula is C6H3NO6. The molecule has 7 nitrogen and oxygen atoms in total. The van der Waals surface area contributed by atoms with Gasteiger partial charge in [-0.15, -0.1) is 0 Å². The van der Waals surface area contributed by atoms with E-state index in [0.29, 0.717) is 0 Å². The third kappa shape index (κ3) is 2.37. The lowest BCUT2D eigenvalue weighted by molar-refractivity contribution is -0.156. The second kappa shape index (κ2) is 3.96. The van der Waals surface area contributed by atoms with Crippen LogP contribution in [0.1, 0.15) is 0 Å². The van der Waals surface area contributed by atoms with Crippen LogP contribution in [0.25, 0.3) is 0 Å². The highest BCUT2D eigenvalue weighted by Crippen LogP contribution is 1.99. The number of nitrogens with zero attached hydrogens (tertiary/aromatic N) is 1. The molecule has 13 heavy (non-hydrogen) atoms. The lowest BCUT2D eigenvalue weighted by atomic mass is 10.0. The highest BCUT2D eigenvalue weighted by atomic mass is 16.4. The number of aliphatic carboxylic acids is 2. The lowest BCUT2D eigenvalue weighted by Crippen LogP contribution is -2.33. The summed E-state index contributed by atoms with van der Waals surface area (Å²) in [6.07, 6.45) is 0. The van der Waals surface area contributed by atoms with Gasteiger partial charge in [0.05, 0.1) is 6.07 Å². The number of hydrogen-bond donors (Lipinski definition) is 2. The van der Waals surface area contributed by atoms with Gasteiger partial charge < -0.3 is 10.2 Å². The number of ketones is 2. The minimum absolute atomic E-state index is 1.00. The summed E-state index contributed by atoms with van der Waals surface area (Å²) in [5.74, 6) is -9.78. The van der Waals surface area contributed by atoms with Gasteiger partial charge in [-0.2, -0.15) is 5.26 Å². The molecule has 0 spiro atoms. The summed E-state index contributed by atoms with van der Waals surface area (Å²) in [6.45, 7) is 0. The number of nitriles is 1. The minimum Gasteiger partial charge on any atom is -0.475 e. The molecule has 0 saturated heterocycles. The van der Waals surface area contributed by atoms with E-state index >= 15 is 0 Å². The van der Waals surface area contributed by atoms with E-state index in [-0.39, 0.29) is 0 Å². The molecule has 0 heterocycles. The summed E-state index contributed by atoms with van der Waals surface area (Å²) in [4.78, 5) is 41.0. The smallest absolute Gasteiger partial charge is 0.374 e. The Bertz CT molecular complexity index is 299. The molecule has 0 saturated carbocycles. The molecule has 0 aliphatic rings. The van der Waals surface area contributed by atoms with Gasteiger partial charge in [0.25, 0.3) is 11.6 Å². The van der Waals surface area contributed by atoms with Crippen LogP contribution in [0.5, 0.6) is 0 Å². The Kier molecular flexibility index (Phi) is 3.28. The molecule has 0 aromatic rings. The molecule has 0 unspecified atom stereocenters. The fraction of sp³-hybridized carbons (Fsp3) is 0.167. The third-order valence-corrected chi connectivity index (χ3v) is 1.08. The fourth-order valence-corrected chi connectivity index (χ4v) is 0.483. The van der Waals surface area contributed by atoms with E-state index in [2.05, 4.69) is 0 Å². The number of carboxylic acid groups (broad SMARTS) is 2. The van der Waals surface area contributed by atoms with Crippen LogP contribution in [-0.2, 0) is 19.2 Å². The van der Waals surface area contributed by atoms with E-state index in [1.807, 2.05) is 0 Å². The molecule has 68 valence electrons. The van der Waals surface area contributed by atoms with Gasteiger partial charge in [-0.1, -0.05) is 0 Å². The predicted molar refractivity (Wildman–Crippen MR) is 34.4 cm³/mol. The van der Waals surface area contributed by atoms with Crippen molar-refractivity contribution in [2.75, 3.05) is 0 Å². The van der Waals surface area contributed by atoms with Crippen LogP contribution in [0.15, 0.2) is 0 Å². The van der Waals surface area contributed by atoms with Gasteiger partial charge in [-0.05, 0) is 0 Å². The summed E-state index contributed by atoms with van der Waals surface area (Å²) < 4.78 is 0. The first-order chi connectivity index (χ1) is 5.91. The van der Waals surface area contributed by atoms with Crippen LogP contribution >= 0.6 is 0 Å². The lowest BCUT2D eigenvalue weighted by Gasteiger charge is -1.97. The van der Waals surface area contributed by atoms with E-state index in [9.17, 15) is 19.2 Å². The minimum atomic E-state index is -2.27. The van der Waals surface area contributed by atoms with E-state index in [1.165, 1.54) is 0 Å². The van der Waals surface area contributed by atoms with Gasteiger partial charge in [0, 0.05) is 0 Å². The summed E-state index contributed by atoms with van der Waals surface area (Å²) in [5.41, 5.74) is 0. The van der Waals surface area contributed by atoms with E-state index in [4.69, 9.17) is 15.5 Å². The zero-order valence-electron chi connectivity index (χ0n) is 6.05. The van der Waals surface area contributed by atoms with Gasteiger partial charge in [0.2, 0.25) is 0 Å². The highest BCUT2D eigenvalue weighted by molar-refractivity contribution is 6.47. The maximum atomic E-state index is 10.5. The average Bonchev–Trinajstić information content (AvgIpc) is 2.04. The maximum Gasteiger partial charge on any atom is 0.374 e. The van der Waals surface area contributed by atoms with Crippen molar-refractivity contribution in [3.63, 3.8) is 0 Å². The van der Waals surface area contributed by atoms with Crippen LogP contribution < -0.4 is 0 Å². The molecule has 0 radical (unpaired) electrons. The number of carboxylic acids is 2. The number of rotatable bonds is 4. The van der Waals surface area contributed by atoms with Crippen LogP contribution in [-0.4, -0.2) is 33.7 Å². The summed E-state index contributed by atoms with van der Waals surface area (Å²) in [7, 11) is 0. The zero-order valence-corrected chi connectivity index (χ0v) is 6.05. The van der Waals surface area contributed by atoms with Crippen LogP contribution in [0.2, 0.25) is 0 Å². The molecule has 0 aliphatic heterocycles. The molecular weight excluding hydrogens is 182 g/mol. The Morgan fingerprint density at radius 3 is 1.46 bits per heavy atom. The molecule has 0 aromatic carbocycles. The Labute approximate surface area is 71.2 Å². The zero-order chi connectivity index (χ0) is 10.6. The summed E-state index contributed by atoms with van der Waals surface area (Å²) in [5, 5.41) is 24.3. The predicted octanol–water partition coefficient (Wildman–Crippen LogP) is -1.57. The molecule has 0 rings (SSSR count). The van der Waals surface area contributed by atoms with E-state index in [1.54, 1.807) is 0 Å². The molecule has 7 heteroatoms. The topological polar surface area (TPSA) is 133 Å². The van der Waals surface area contributed by atoms with Gasteiger partial charge in [0.15, 0.2) is 5.92 Å². The van der Waals surface area contributed by atoms with Crippen LogP contribution in [0, 0.1) is 17.2 Å².